The highest BCUT2D eigenvalue weighted by molar-refractivity contribution is 6.00. The molecule has 2 aliphatic heterocycles. The van der Waals surface area contributed by atoms with E-state index in [-0.39, 0.29) is 12.3 Å². The minimum Gasteiger partial charge on any atom is -0.457 e. The number of hydrogen-bond donors (Lipinski definition) is 1. The van der Waals surface area contributed by atoms with E-state index in [4.69, 9.17) is 9.47 Å². The van der Waals surface area contributed by atoms with Crippen molar-refractivity contribution in [1.82, 2.24) is 0 Å². The summed E-state index contributed by atoms with van der Waals surface area (Å²) in [6.45, 7) is 1.54. The maximum absolute atomic E-state index is 13.8. The van der Waals surface area contributed by atoms with Crippen LogP contribution in [0.4, 0.5) is 18.9 Å². The highest BCUT2D eigenvalue weighted by Crippen LogP contribution is 2.55. The SMILES string of the molecule is CC1(c2ccccc2)CC(C(=O)Nc2ccc3c(c2)COC3=O)(C(F)(F)F)O1. The van der Waals surface area contributed by atoms with Gasteiger partial charge in [-0.15, -0.1) is 0 Å². The second-order valence-electron chi connectivity index (χ2n) is 7.10. The van der Waals surface area contributed by atoms with Crippen molar-refractivity contribution in [2.45, 2.75) is 37.3 Å². The smallest absolute Gasteiger partial charge is 0.426 e. The number of cyclic esters (lactones) is 1. The van der Waals surface area contributed by atoms with Gasteiger partial charge in [0.05, 0.1) is 11.2 Å². The molecule has 5 nitrogen and oxygen atoms in total. The summed E-state index contributed by atoms with van der Waals surface area (Å²) >= 11 is 0. The quantitative estimate of drug-likeness (QED) is 0.806. The standard InChI is InChI=1S/C20H16F3NO4/c1-18(13-5-3-2-4-6-13)11-19(28-18,20(21,22)23)17(26)24-14-7-8-15-12(9-14)10-27-16(15)25/h2-9H,10-11H2,1H3,(H,24,26). The third kappa shape index (κ3) is 2.75. The summed E-state index contributed by atoms with van der Waals surface area (Å²) in [5, 5.41) is 2.27. The number of alkyl halides is 3. The summed E-state index contributed by atoms with van der Waals surface area (Å²) in [6.07, 6.45) is -5.42. The van der Waals surface area contributed by atoms with Crippen LogP contribution in [0, 0.1) is 0 Å². The number of rotatable bonds is 3. The Hall–Kier alpha value is -2.87. The van der Waals surface area contributed by atoms with Gasteiger partial charge in [-0.2, -0.15) is 13.2 Å². The van der Waals surface area contributed by atoms with Crippen molar-refractivity contribution in [3.8, 4) is 0 Å². The fraction of sp³-hybridized carbons (Fsp3) is 0.300. The van der Waals surface area contributed by atoms with E-state index in [1.54, 1.807) is 30.3 Å². The van der Waals surface area contributed by atoms with Crippen LogP contribution in [-0.2, 0) is 26.5 Å². The predicted octanol–water partition coefficient (Wildman–Crippen LogP) is 3.93. The van der Waals surface area contributed by atoms with Crippen LogP contribution in [0.1, 0.15) is 34.8 Å². The molecule has 0 radical (unpaired) electrons. The van der Waals surface area contributed by atoms with Crippen molar-refractivity contribution in [2.24, 2.45) is 0 Å². The van der Waals surface area contributed by atoms with Gasteiger partial charge in [-0.1, -0.05) is 30.3 Å². The number of nitrogens with one attached hydrogen (secondary N) is 1. The maximum Gasteiger partial charge on any atom is 0.426 e. The number of anilines is 1. The lowest BCUT2D eigenvalue weighted by atomic mass is 9.75. The normalized spacial score (nSPS) is 26.2. The molecule has 1 saturated heterocycles. The lowest BCUT2D eigenvalue weighted by molar-refractivity contribution is -0.365. The molecule has 0 aromatic heterocycles. The molecule has 4 rings (SSSR count). The highest BCUT2D eigenvalue weighted by atomic mass is 19.4. The van der Waals surface area contributed by atoms with Gasteiger partial charge >= 0.3 is 12.1 Å². The molecule has 0 saturated carbocycles. The van der Waals surface area contributed by atoms with Gasteiger partial charge < -0.3 is 14.8 Å². The van der Waals surface area contributed by atoms with E-state index in [2.05, 4.69) is 5.32 Å². The Morgan fingerprint density at radius 2 is 1.82 bits per heavy atom. The number of carbonyl (C=O) groups is 2. The van der Waals surface area contributed by atoms with E-state index < -0.39 is 35.7 Å². The molecule has 1 fully saturated rings. The third-order valence-corrected chi connectivity index (χ3v) is 5.14. The fourth-order valence-corrected chi connectivity index (χ4v) is 3.66. The molecular weight excluding hydrogens is 375 g/mol. The van der Waals surface area contributed by atoms with Crippen molar-refractivity contribution < 1.29 is 32.2 Å². The molecule has 2 aromatic rings. The van der Waals surface area contributed by atoms with Gasteiger partial charge in [-0.25, -0.2) is 4.79 Å². The molecule has 2 unspecified atom stereocenters. The second kappa shape index (κ2) is 6.07. The van der Waals surface area contributed by atoms with Crippen molar-refractivity contribution in [1.29, 1.82) is 0 Å². The molecule has 8 heteroatoms. The molecule has 2 atom stereocenters. The zero-order chi connectivity index (χ0) is 20.2. The second-order valence-corrected chi connectivity index (χ2v) is 7.10. The first-order valence-corrected chi connectivity index (χ1v) is 8.59. The maximum atomic E-state index is 13.8. The van der Waals surface area contributed by atoms with Crippen LogP contribution in [-0.4, -0.2) is 23.7 Å². The average Bonchev–Trinajstić information content (AvgIpc) is 2.99. The molecule has 1 amide bonds. The monoisotopic (exact) mass is 391 g/mol. The van der Waals surface area contributed by atoms with E-state index in [0.717, 1.165) is 0 Å². The van der Waals surface area contributed by atoms with Crippen LogP contribution in [0.3, 0.4) is 0 Å². The van der Waals surface area contributed by atoms with E-state index in [1.165, 1.54) is 25.1 Å². The summed E-state index contributed by atoms with van der Waals surface area (Å²) in [5.41, 5.74) is -2.61. The van der Waals surface area contributed by atoms with E-state index in [0.29, 0.717) is 16.7 Å². The Balaban J connectivity index is 1.58. The summed E-state index contributed by atoms with van der Waals surface area (Å²) < 4.78 is 51.5. The number of carbonyl (C=O) groups excluding carboxylic acids is 2. The van der Waals surface area contributed by atoms with E-state index >= 15 is 0 Å². The lowest BCUT2D eigenvalue weighted by Crippen LogP contribution is -2.69. The molecule has 0 aliphatic carbocycles. The number of benzene rings is 2. The van der Waals surface area contributed by atoms with Crippen LogP contribution >= 0.6 is 0 Å². The Labute approximate surface area is 158 Å². The summed E-state index contributed by atoms with van der Waals surface area (Å²) in [7, 11) is 0. The summed E-state index contributed by atoms with van der Waals surface area (Å²) in [6, 6.07) is 12.7. The van der Waals surface area contributed by atoms with Crippen LogP contribution in [0.2, 0.25) is 0 Å². The summed E-state index contributed by atoms with van der Waals surface area (Å²) in [5.74, 6) is -1.79. The molecule has 0 bridgehead atoms. The highest BCUT2D eigenvalue weighted by Gasteiger charge is 2.72. The van der Waals surface area contributed by atoms with Gasteiger partial charge in [0, 0.05) is 17.7 Å². The number of fused-ring (bicyclic) bond motifs is 1. The van der Waals surface area contributed by atoms with Gasteiger partial charge in [0.1, 0.15) is 6.61 Å². The molecular formula is C20H16F3NO4. The van der Waals surface area contributed by atoms with Gasteiger partial charge in [0.25, 0.3) is 5.91 Å². The van der Waals surface area contributed by atoms with Crippen LogP contribution in [0.25, 0.3) is 0 Å². The molecule has 0 spiro atoms. The molecule has 2 aromatic carbocycles. The van der Waals surface area contributed by atoms with Crippen molar-refractivity contribution in [2.75, 3.05) is 5.32 Å². The van der Waals surface area contributed by atoms with Crippen molar-refractivity contribution in [3.05, 3.63) is 65.2 Å². The summed E-state index contributed by atoms with van der Waals surface area (Å²) in [4.78, 5) is 24.1. The first-order chi connectivity index (χ1) is 13.1. The number of amides is 1. The van der Waals surface area contributed by atoms with Gasteiger partial charge in [0.2, 0.25) is 5.60 Å². The minimum atomic E-state index is -4.89. The van der Waals surface area contributed by atoms with Crippen molar-refractivity contribution in [3.63, 3.8) is 0 Å². The number of halogens is 3. The van der Waals surface area contributed by atoms with Gasteiger partial charge in [0.15, 0.2) is 0 Å². The van der Waals surface area contributed by atoms with Gasteiger partial charge in [-0.05, 0) is 30.7 Å². The lowest BCUT2D eigenvalue weighted by Gasteiger charge is -2.53. The molecule has 146 valence electrons. The Kier molecular flexibility index (Phi) is 4.01. The molecule has 28 heavy (non-hydrogen) atoms. The number of hydrogen-bond acceptors (Lipinski definition) is 4. The Morgan fingerprint density at radius 1 is 1.14 bits per heavy atom. The topological polar surface area (TPSA) is 64.6 Å². The zero-order valence-electron chi connectivity index (χ0n) is 14.8. The molecule has 2 aliphatic rings. The number of ether oxygens (including phenoxy) is 2. The first-order valence-electron chi connectivity index (χ1n) is 8.59. The zero-order valence-corrected chi connectivity index (χ0v) is 14.8. The van der Waals surface area contributed by atoms with Crippen LogP contribution in [0.5, 0.6) is 0 Å². The minimum absolute atomic E-state index is 0.0187. The Bertz CT molecular complexity index is 950. The molecule has 2 heterocycles. The van der Waals surface area contributed by atoms with E-state index in [9.17, 15) is 22.8 Å². The van der Waals surface area contributed by atoms with Crippen molar-refractivity contribution >= 4 is 17.6 Å². The molecule has 1 N–H and O–H groups in total. The largest absolute Gasteiger partial charge is 0.457 e. The fourth-order valence-electron chi connectivity index (χ4n) is 3.66. The van der Waals surface area contributed by atoms with Crippen LogP contribution < -0.4 is 5.32 Å². The van der Waals surface area contributed by atoms with E-state index in [1.807, 2.05) is 0 Å². The Morgan fingerprint density at radius 3 is 2.46 bits per heavy atom. The predicted molar refractivity (Wildman–Crippen MR) is 92.5 cm³/mol. The van der Waals surface area contributed by atoms with Crippen LogP contribution in [0.15, 0.2) is 48.5 Å². The number of esters is 1. The van der Waals surface area contributed by atoms with Gasteiger partial charge in [-0.3, -0.25) is 4.79 Å². The average molecular weight is 391 g/mol. The third-order valence-electron chi connectivity index (χ3n) is 5.14. The first kappa shape index (κ1) is 18.5.